The van der Waals surface area contributed by atoms with Gasteiger partial charge in [0.05, 0.1) is 5.69 Å². The number of halogens is 1. The van der Waals surface area contributed by atoms with Gasteiger partial charge in [0.15, 0.2) is 11.6 Å². The van der Waals surface area contributed by atoms with E-state index in [1.807, 2.05) is 6.92 Å². The van der Waals surface area contributed by atoms with Crippen LogP contribution in [0.5, 0.6) is 0 Å². The van der Waals surface area contributed by atoms with Crippen LogP contribution in [0.2, 0.25) is 0 Å². The Morgan fingerprint density at radius 2 is 2.06 bits per heavy atom. The van der Waals surface area contributed by atoms with Gasteiger partial charge in [-0.3, -0.25) is 0 Å². The van der Waals surface area contributed by atoms with E-state index in [0.29, 0.717) is 17.4 Å². The Labute approximate surface area is 102 Å². The zero-order valence-electron chi connectivity index (χ0n) is 11.0. The minimum atomic E-state index is -0.319. The molecule has 1 atom stereocenters. The Morgan fingerprint density at radius 1 is 1.41 bits per heavy atom. The summed E-state index contributed by atoms with van der Waals surface area (Å²) in [5.41, 5.74) is 0.711. The van der Waals surface area contributed by atoms with E-state index in [2.05, 4.69) is 29.1 Å². The van der Waals surface area contributed by atoms with Crippen LogP contribution in [-0.2, 0) is 0 Å². The van der Waals surface area contributed by atoms with Gasteiger partial charge in [-0.2, -0.15) is 0 Å². The molecule has 1 aliphatic rings. The van der Waals surface area contributed by atoms with Crippen LogP contribution < -0.4 is 5.32 Å². The van der Waals surface area contributed by atoms with Crippen molar-refractivity contribution in [2.24, 2.45) is 5.41 Å². The van der Waals surface area contributed by atoms with Gasteiger partial charge in [-0.15, -0.1) is 0 Å². The van der Waals surface area contributed by atoms with Gasteiger partial charge in [0.2, 0.25) is 0 Å². The van der Waals surface area contributed by atoms with Gasteiger partial charge < -0.3 is 5.32 Å². The molecule has 1 aliphatic carbocycles. The minimum Gasteiger partial charge on any atom is -0.368 e. The molecule has 0 aromatic carbocycles. The van der Waals surface area contributed by atoms with Crippen molar-refractivity contribution >= 4 is 5.82 Å². The maximum Gasteiger partial charge on any atom is 0.186 e. The van der Waals surface area contributed by atoms with Crippen molar-refractivity contribution in [3.05, 3.63) is 17.3 Å². The lowest BCUT2D eigenvalue weighted by molar-refractivity contribution is 0.581. The summed E-state index contributed by atoms with van der Waals surface area (Å²) in [4.78, 5) is 8.60. The third kappa shape index (κ3) is 2.40. The molecule has 1 aromatic heterocycles. The van der Waals surface area contributed by atoms with Gasteiger partial charge in [-0.25, -0.2) is 14.4 Å². The lowest BCUT2D eigenvalue weighted by Crippen LogP contribution is -2.10. The predicted octanol–water partition coefficient (Wildman–Crippen LogP) is 3.26. The van der Waals surface area contributed by atoms with E-state index >= 15 is 0 Å². The van der Waals surface area contributed by atoms with Crippen molar-refractivity contribution < 1.29 is 4.39 Å². The van der Waals surface area contributed by atoms with Crippen LogP contribution in [0.3, 0.4) is 0 Å². The molecule has 2 rings (SSSR count). The van der Waals surface area contributed by atoms with Crippen molar-refractivity contribution in [1.29, 1.82) is 0 Å². The van der Waals surface area contributed by atoms with Crippen molar-refractivity contribution in [3.63, 3.8) is 0 Å². The summed E-state index contributed by atoms with van der Waals surface area (Å²) in [5.74, 6) is 1.20. The number of hydrogen-bond acceptors (Lipinski definition) is 3. The summed E-state index contributed by atoms with van der Waals surface area (Å²) < 4.78 is 13.8. The lowest BCUT2D eigenvalue weighted by Gasteiger charge is -2.10. The smallest absolute Gasteiger partial charge is 0.186 e. The third-order valence-corrected chi connectivity index (χ3v) is 3.40. The Hall–Kier alpha value is -1.19. The molecule has 3 nitrogen and oxygen atoms in total. The number of aryl methyl sites for hydroxylation is 1. The number of aromatic nitrogens is 2. The molecule has 4 heteroatoms. The van der Waals surface area contributed by atoms with Crippen molar-refractivity contribution in [3.8, 4) is 0 Å². The summed E-state index contributed by atoms with van der Waals surface area (Å²) in [7, 11) is 0. The van der Waals surface area contributed by atoms with E-state index in [1.54, 1.807) is 6.92 Å². The molecule has 0 radical (unpaired) electrons. The van der Waals surface area contributed by atoms with Crippen molar-refractivity contribution in [2.45, 2.75) is 46.5 Å². The molecule has 0 bridgehead atoms. The average molecular weight is 237 g/mol. The van der Waals surface area contributed by atoms with Gasteiger partial charge >= 0.3 is 0 Å². The van der Waals surface area contributed by atoms with Crippen LogP contribution in [-0.4, -0.2) is 16.5 Å². The molecule has 1 saturated carbocycles. The van der Waals surface area contributed by atoms with Gasteiger partial charge in [0, 0.05) is 12.5 Å². The monoisotopic (exact) mass is 237 g/mol. The Bertz CT molecular complexity index is 429. The number of nitrogens with zero attached hydrogens (tertiary/aromatic N) is 2. The quantitative estimate of drug-likeness (QED) is 0.873. The molecule has 1 N–H and O–H groups in total. The van der Waals surface area contributed by atoms with Gasteiger partial charge in [0.25, 0.3) is 0 Å². The van der Waals surface area contributed by atoms with E-state index in [0.717, 1.165) is 25.2 Å². The van der Waals surface area contributed by atoms with E-state index in [4.69, 9.17) is 0 Å². The molecule has 94 valence electrons. The molecular weight excluding hydrogens is 217 g/mol. The fraction of sp³-hybridized carbons (Fsp3) is 0.692. The second-order valence-electron chi connectivity index (χ2n) is 5.50. The fourth-order valence-electron chi connectivity index (χ4n) is 2.01. The molecule has 0 saturated heterocycles. The number of anilines is 1. The molecule has 0 spiro atoms. The first-order valence-electron chi connectivity index (χ1n) is 6.23. The van der Waals surface area contributed by atoms with Crippen LogP contribution in [0.25, 0.3) is 0 Å². The highest BCUT2D eigenvalue weighted by molar-refractivity contribution is 5.39. The number of hydrogen-bond donors (Lipinski definition) is 1. The average Bonchev–Trinajstić information content (AvgIpc) is 2.90. The van der Waals surface area contributed by atoms with E-state index in [9.17, 15) is 4.39 Å². The van der Waals surface area contributed by atoms with Gasteiger partial charge in [-0.1, -0.05) is 20.8 Å². The predicted molar refractivity (Wildman–Crippen MR) is 66.6 cm³/mol. The van der Waals surface area contributed by atoms with Crippen LogP contribution >= 0.6 is 0 Å². The third-order valence-electron chi connectivity index (χ3n) is 3.40. The van der Waals surface area contributed by atoms with Gasteiger partial charge in [-0.05, 0) is 25.2 Å². The summed E-state index contributed by atoms with van der Waals surface area (Å²) in [6.07, 6.45) is 2.04. The summed E-state index contributed by atoms with van der Waals surface area (Å²) >= 11 is 0. The standard InChI is InChI=1S/C13H20FN3/c1-5-6-15-12-10(14)8(2)16-11(17-12)9-7-13(9,3)4/h9H,5-7H2,1-4H3,(H,15,16,17). The molecule has 1 aromatic rings. The Kier molecular flexibility index (Phi) is 3.06. The topological polar surface area (TPSA) is 37.8 Å². The molecule has 0 aliphatic heterocycles. The lowest BCUT2D eigenvalue weighted by atomic mass is 10.1. The Balaban J connectivity index is 2.27. The number of nitrogens with one attached hydrogen (secondary N) is 1. The highest BCUT2D eigenvalue weighted by Crippen LogP contribution is 2.57. The van der Waals surface area contributed by atoms with Crippen molar-refractivity contribution in [2.75, 3.05) is 11.9 Å². The molecule has 0 amide bonds. The molecule has 1 unspecified atom stereocenters. The van der Waals surface area contributed by atoms with Crippen molar-refractivity contribution in [1.82, 2.24) is 9.97 Å². The van der Waals surface area contributed by atoms with Gasteiger partial charge in [0.1, 0.15) is 5.82 Å². The van der Waals surface area contributed by atoms with E-state index < -0.39 is 0 Å². The fourth-order valence-corrected chi connectivity index (χ4v) is 2.01. The SMILES string of the molecule is CCCNc1nc(C2CC2(C)C)nc(C)c1F. The van der Waals surface area contributed by atoms with E-state index in [-0.39, 0.29) is 11.2 Å². The zero-order chi connectivity index (χ0) is 12.6. The maximum atomic E-state index is 13.8. The van der Waals surface area contributed by atoms with Crippen LogP contribution in [0.1, 0.15) is 51.0 Å². The maximum absolute atomic E-state index is 13.8. The summed E-state index contributed by atoms with van der Waals surface area (Å²) in [6.45, 7) is 8.87. The zero-order valence-corrected chi connectivity index (χ0v) is 11.0. The normalized spacial score (nSPS) is 21.4. The molecule has 17 heavy (non-hydrogen) atoms. The number of rotatable bonds is 4. The largest absolute Gasteiger partial charge is 0.368 e. The first-order valence-corrected chi connectivity index (χ1v) is 6.23. The second kappa shape index (κ2) is 4.24. The highest BCUT2D eigenvalue weighted by Gasteiger charge is 2.48. The van der Waals surface area contributed by atoms with E-state index in [1.165, 1.54) is 0 Å². The molecule has 1 fully saturated rings. The highest BCUT2D eigenvalue weighted by atomic mass is 19.1. The van der Waals surface area contributed by atoms with Crippen LogP contribution in [0.4, 0.5) is 10.2 Å². The van der Waals surface area contributed by atoms with Crippen LogP contribution in [0, 0.1) is 18.2 Å². The summed E-state index contributed by atoms with van der Waals surface area (Å²) in [6, 6.07) is 0. The Morgan fingerprint density at radius 3 is 2.59 bits per heavy atom. The second-order valence-corrected chi connectivity index (χ2v) is 5.50. The molecule has 1 heterocycles. The molecular formula is C13H20FN3. The first kappa shape index (κ1) is 12.3. The van der Waals surface area contributed by atoms with Crippen LogP contribution in [0.15, 0.2) is 0 Å². The minimum absolute atomic E-state index is 0.270. The summed E-state index contributed by atoms with van der Waals surface area (Å²) in [5, 5.41) is 3.03. The first-order chi connectivity index (χ1) is 7.95.